The molecule has 0 saturated heterocycles. The predicted molar refractivity (Wildman–Crippen MR) is 75.3 cm³/mol. The minimum absolute atomic E-state index is 0.285. The normalized spacial score (nSPS) is 14.2. The van der Waals surface area contributed by atoms with Gasteiger partial charge in [-0.3, -0.25) is 10.1 Å². The summed E-state index contributed by atoms with van der Waals surface area (Å²) in [6.07, 6.45) is 2.62. The summed E-state index contributed by atoms with van der Waals surface area (Å²) in [5.74, 6) is -0.285. The summed E-state index contributed by atoms with van der Waals surface area (Å²) >= 11 is 0. The molecule has 3 heteroatoms. The summed E-state index contributed by atoms with van der Waals surface area (Å²) < 4.78 is 0. The first-order valence-corrected chi connectivity index (χ1v) is 6.69. The van der Waals surface area contributed by atoms with E-state index in [1.165, 1.54) is 0 Å². The number of nitrogens with one attached hydrogen (secondary N) is 1. The maximum Gasteiger partial charge on any atom is 0.242 e. The Balaban J connectivity index is 3.24. The van der Waals surface area contributed by atoms with Crippen molar-refractivity contribution in [3.8, 4) is 0 Å². The van der Waals surface area contributed by atoms with E-state index in [0.717, 1.165) is 36.9 Å². The van der Waals surface area contributed by atoms with Gasteiger partial charge in [-0.05, 0) is 37.4 Å². The molecule has 3 nitrogen and oxygen atoms in total. The van der Waals surface area contributed by atoms with Crippen LogP contribution in [0.3, 0.4) is 0 Å². The second-order valence-electron chi connectivity index (χ2n) is 4.76. The first-order valence-electron chi connectivity index (χ1n) is 6.69. The van der Waals surface area contributed by atoms with Crippen LogP contribution < -0.4 is 11.1 Å². The molecular formula is C15H24N2O. The summed E-state index contributed by atoms with van der Waals surface area (Å²) in [5, 5.41) is 3.37. The zero-order chi connectivity index (χ0) is 13.6. The lowest BCUT2D eigenvalue weighted by Crippen LogP contribution is -2.53. The molecule has 1 atom stereocenters. The number of carbonyl (C=O) groups excluding carboxylic acids is 1. The Hall–Kier alpha value is -1.35. The summed E-state index contributed by atoms with van der Waals surface area (Å²) in [6.45, 7) is 6.97. The molecule has 0 spiro atoms. The van der Waals surface area contributed by atoms with Gasteiger partial charge in [0.2, 0.25) is 5.91 Å². The molecule has 0 aromatic heterocycles. The zero-order valence-corrected chi connectivity index (χ0v) is 11.6. The molecule has 0 aliphatic rings. The van der Waals surface area contributed by atoms with E-state index in [0.29, 0.717) is 0 Å². The highest BCUT2D eigenvalue weighted by molar-refractivity contribution is 5.86. The summed E-state index contributed by atoms with van der Waals surface area (Å²) in [4.78, 5) is 12.0. The third kappa shape index (κ3) is 2.91. The summed E-state index contributed by atoms with van der Waals surface area (Å²) in [5.41, 5.74) is 7.08. The monoisotopic (exact) mass is 248 g/mol. The van der Waals surface area contributed by atoms with Gasteiger partial charge in [-0.1, -0.05) is 44.5 Å². The molecule has 0 saturated carbocycles. The molecule has 18 heavy (non-hydrogen) atoms. The Morgan fingerprint density at radius 3 is 2.44 bits per heavy atom. The quantitative estimate of drug-likeness (QED) is 0.779. The van der Waals surface area contributed by atoms with Crippen molar-refractivity contribution in [2.75, 3.05) is 6.54 Å². The van der Waals surface area contributed by atoms with Crippen LogP contribution in [0.4, 0.5) is 0 Å². The third-order valence-electron chi connectivity index (χ3n) is 3.33. The molecule has 0 aliphatic heterocycles. The van der Waals surface area contributed by atoms with Gasteiger partial charge in [0.1, 0.15) is 5.54 Å². The van der Waals surface area contributed by atoms with Gasteiger partial charge in [0.05, 0.1) is 0 Å². The Labute approximate surface area is 110 Å². The van der Waals surface area contributed by atoms with Crippen LogP contribution in [0.2, 0.25) is 0 Å². The van der Waals surface area contributed by atoms with Crippen molar-refractivity contribution in [3.63, 3.8) is 0 Å². The van der Waals surface area contributed by atoms with Crippen LogP contribution in [0.1, 0.15) is 44.2 Å². The summed E-state index contributed by atoms with van der Waals surface area (Å²) in [7, 11) is 0. The lowest BCUT2D eigenvalue weighted by Gasteiger charge is -2.33. The molecule has 0 radical (unpaired) electrons. The van der Waals surface area contributed by atoms with Crippen LogP contribution in [0.15, 0.2) is 24.3 Å². The smallest absolute Gasteiger partial charge is 0.242 e. The Kier molecular flexibility index (Phi) is 5.35. The molecule has 0 aliphatic carbocycles. The number of aryl methyl sites for hydroxylation is 1. The topological polar surface area (TPSA) is 55.1 Å². The van der Waals surface area contributed by atoms with Gasteiger partial charge in [0.25, 0.3) is 0 Å². The molecule has 0 fully saturated rings. The number of primary amides is 1. The SMILES string of the molecule is CCCNC(CCC)(C(N)=O)c1ccccc1C. The maximum absolute atomic E-state index is 12.0. The molecule has 1 aromatic rings. The van der Waals surface area contributed by atoms with Crippen LogP contribution >= 0.6 is 0 Å². The van der Waals surface area contributed by atoms with E-state index in [4.69, 9.17) is 5.73 Å². The highest BCUT2D eigenvalue weighted by atomic mass is 16.1. The highest BCUT2D eigenvalue weighted by Gasteiger charge is 2.37. The van der Waals surface area contributed by atoms with Crippen molar-refractivity contribution in [3.05, 3.63) is 35.4 Å². The Morgan fingerprint density at radius 1 is 1.28 bits per heavy atom. The van der Waals surface area contributed by atoms with Crippen LogP contribution in [-0.4, -0.2) is 12.5 Å². The molecule has 0 bridgehead atoms. The number of amides is 1. The third-order valence-corrected chi connectivity index (χ3v) is 3.33. The summed E-state index contributed by atoms with van der Waals surface area (Å²) in [6, 6.07) is 7.97. The van der Waals surface area contributed by atoms with Crippen LogP contribution in [0, 0.1) is 6.92 Å². The Bertz CT molecular complexity index is 403. The van der Waals surface area contributed by atoms with E-state index < -0.39 is 5.54 Å². The average Bonchev–Trinajstić information content (AvgIpc) is 2.35. The molecule has 1 amide bonds. The minimum atomic E-state index is -0.726. The highest BCUT2D eigenvalue weighted by Crippen LogP contribution is 2.29. The van der Waals surface area contributed by atoms with Gasteiger partial charge in [-0.2, -0.15) is 0 Å². The van der Waals surface area contributed by atoms with Crippen molar-refractivity contribution >= 4 is 5.91 Å². The van der Waals surface area contributed by atoms with Crippen LogP contribution in [0.25, 0.3) is 0 Å². The zero-order valence-electron chi connectivity index (χ0n) is 11.6. The molecule has 3 N–H and O–H groups in total. The minimum Gasteiger partial charge on any atom is -0.368 e. The second-order valence-corrected chi connectivity index (χ2v) is 4.76. The van der Waals surface area contributed by atoms with Gasteiger partial charge in [0, 0.05) is 0 Å². The van der Waals surface area contributed by atoms with Crippen molar-refractivity contribution in [1.29, 1.82) is 0 Å². The van der Waals surface area contributed by atoms with Gasteiger partial charge in [-0.25, -0.2) is 0 Å². The second kappa shape index (κ2) is 6.55. The fourth-order valence-corrected chi connectivity index (χ4v) is 2.43. The van der Waals surface area contributed by atoms with Gasteiger partial charge in [-0.15, -0.1) is 0 Å². The van der Waals surface area contributed by atoms with E-state index in [9.17, 15) is 4.79 Å². The molecule has 1 aromatic carbocycles. The number of rotatable bonds is 7. The number of benzene rings is 1. The van der Waals surface area contributed by atoms with E-state index in [1.54, 1.807) is 0 Å². The molecular weight excluding hydrogens is 224 g/mol. The number of hydrogen-bond acceptors (Lipinski definition) is 2. The molecule has 0 heterocycles. The van der Waals surface area contributed by atoms with Crippen molar-refractivity contribution in [2.45, 2.75) is 45.6 Å². The van der Waals surface area contributed by atoms with Crippen molar-refractivity contribution in [2.24, 2.45) is 5.73 Å². The van der Waals surface area contributed by atoms with Crippen molar-refractivity contribution < 1.29 is 4.79 Å². The van der Waals surface area contributed by atoms with E-state index in [-0.39, 0.29) is 5.91 Å². The van der Waals surface area contributed by atoms with E-state index >= 15 is 0 Å². The number of nitrogens with two attached hydrogens (primary N) is 1. The first-order chi connectivity index (χ1) is 8.58. The van der Waals surface area contributed by atoms with Crippen molar-refractivity contribution in [1.82, 2.24) is 5.32 Å². The van der Waals surface area contributed by atoms with Gasteiger partial charge >= 0.3 is 0 Å². The first kappa shape index (κ1) is 14.7. The maximum atomic E-state index is 12.0. The molecule has 100 valence electrons. The fraction of sp³-hybridized carbons (Fsp3) is 0.533. The number of carbonyl (C=O) groups is 1. The average molecular weight is 248 g/mol. The lowest BCUT2D eigenvalue weighted by atomic mass is 9.82. The van der Waals surface area contributed by atoms with E-state index in [1.807, 2.05) is 31.2 Å². The Morgan fingerprint density at radius 2 is 1.94 bits per heavy atom. The molecule has 1 rings (SSSR count). The molecule has 1 unspecified atom stereocenters. The van der Waals surface area contributed by atoms with E-state index in [2.05, 4.69) is 19.2 Å². The predicted octanol–water partition coefficient (Wildman–Crippen LogP) is 2.48. The van der Waals surface area contributed by atoms with Crippen LogP contribution in [0.5, 0.6) is 0 Å². The standard InChI is InChI=1S/C15H24N2O/c1-4-10-15(14(16)18,17-11-5-2)13-9-7-6-8-12(13)3/h6-9,17H,4-5,10-11H2,1-3H3,(H2,16,18). The fourth-order valence-electron chi connectivity index (χ4n) is 2.43. The van der Waals surface area contributed by atoms with Crippen LogP contribution in [-0.2, 0) is 10.3 Å². The van der Waals surface area contributed by atoms with Gasteiger partial charge < -0.3 is 5.73 Å². The number of hydrogen-bond donors (Lipinski definition) is 2. The van der Waals surface area contributed by atoms with Gasteiger partial charge in [0.15, 0.2) is 0 Å². The largest absolute Gasteiger partial charge is 0.368 e. The lowest BCUT2D eigenvalue weighted by molar-refractivity contribution is -0.125.